The molecule has 7 heteroatoms. The Morgan fingerprint density at radius 3 is 2.68 bits per heavy atom. The average molecular weight is 348 g/mol. The highest BCUT2D eigenvalue weighted by atomic mass is 19.1. The summed E-state index contributed by atoms with van der Waals surface area (Å²) >= 11 is 0. The van der Waals surface area contributed by atoms with Crippen molar-refractivity contribution in [3.8, 4) is 0 Å². The molecule has 6 nitrogen and oxygen atoms in total. The second-order valence-corrected chi connectivity index (χ2v) is 6.62. The molecule has 3 aliphatic rings. The van der Waals surface area contributed by atoms with Crippen LogP contribution in [-0.2, 0) is 19.1 Å². The Balaban J connectivity index is 1.31. The molecule has 0 radical (unpaired) electrons. The number of carbonyl (C=O) groups excluding carboxylic acids is 1. The Kier molecular flexibility index (Phi) is 4.67. The van der Waals surface area contributed by atoms with Gasteiger partial charge in [0.1, 0.15) is 5.82 Å². The van der Waals surface area contributed by atoms with E-state index in [1.165, 1.54) is 12.1 Å². The molecule has 0 aromatic heterocycles. The van der Waals surface area contributed by atoms with Crippen LogP contribution in [0.5, 0.6) is 0 Å². The van der Waals surface area contributed by atoms with Crippen molar-refractivity contribution in [2.24, 2.45) is 11.1 Å². The van der Waals surface area contributed by atoms with Crippen LogP contribution in [0.4, 0.5) is 4.39 Å². The normalized spacial score (nSPS) is 25.1. The van der Waals surface area contributed by atoms with Crippen LogP contribution in [0.25, 0.3) is 0 Å². The first kappa shape index (κ1) is 16.5. The lowest BCUT2D eigenvalue weighted by Gasteiger charge is -2.34. The molecule has 4 rings (SSSR count). The van der Waals surface area contributed by atoms with Gasteiger partial charge in [-0.15, -0.1) is 0 Å². The maximum absolute atomic E-state index is 13.3. The van der Waals surface area contributed by atoms with E-state index in [1.807, 2.05) is 4.90 Å². The Bertz CT molecular complexity index is 667. The number of piperidine rings is 1. The fourth-order valence-electron chi connectivity index (χ4n) is 3.59. The number of rotatable bonds is 3. The summed E-state index contributed by atoms with van der Waals surface area (Å²) in [6, 6.07) is 6.18. The standard InChI is InChI=1S/C18H21FN2O4/c19-14-3-1-2-13(10-14)15-11-16(25-20-15)17(22)21-6-4-12(5-7-21)18-23-8-9-24-18/h1-3,10,12,16,18H,4-9,11H2. The maximum atomic E-state index is 13.3. The number of ether oxygens (including phenoxy) is 2. The number of amides is 1. The van der Waals surface area contributed by atoms with Gasteiger partial charge in [0, 0.05) is 31.0 Å². The van der Waals surface area contributed by atoms with Crippen molar-refractivity contribution in [1.29, 1.82) is 0 Å². The molecule has 0 bridgehead atoms. The minimum Gasteiger partial charge on any atom is -0.382 e. The molecule has 2 saturated heterocycles. The van der Waals surface area contributed by atoms with Crippen LogP contribution in [0.3, 0.4) is 0 Å². The average Bonchev–Trinajstić information content (AvgIpc) is 3.33. The molecule has 1 amide bonds. The van der Waals surface area contributed by atoms with E-state index in [9.17, 15) is 9.18 Å². The van der Waals surface area contributed by atoms with Crippen LogP contribution in [0.15, 0.2) is 29.4 Å². The Hall–Kier alpha value is -1.99. The monoisotopic (exact) mass is 348 g/mol. The molecular formula is C18H21FN2O4. The van der Waals surface area contributed by atoms with Gasteiger partial charge in [-0.1, -0.05) is 17.3 Å². The Morgan fingerprint density at radius 1 is 1.20 bits per heavy atom. The molecule has 134 valence electrons. The Morgan fingerprint density at radius 2 is 1.96 bits per heavy atom. The van der Waals surface area contributed by atoms with Gasteiger partial charge in [-0.25, -0.2) is 4.39 Å². The number of oxime groups is 1. The fraction of sp³-hybridized carbons (Fsp3) is 0.556. The number of carbonyl (C=O) groups is 1. The van der Waals surface area contributed by atoms with Crippen molar-refractivity contribution in [2.75, 3.05) is 26.3 Å². The lowest BCUT2D eigenvalue weighted by molar-refractivity contribution is -0.147. The largest absolute Gasteiger partial charge is 0.382 e. The SMILES string of the molecule is O=C(C1CC(c2cccc(F)c2)=NO1)N1CCC(C2OCCO2)CC1. The molecule has 25 heavy (non-hydrogen) atoms. The van der Waals surface area contributed by atoms with Crippen molar-refractivity contribution < 1.29 is 23.5 Å². The minimum atomic E-state index is -0.617. The zero-order chi connectivity index (χ0) is 17.2. The molecule has 0 saturated carbocycles. The molecule has 1 unspecified atom stereocenters. The van der Waals surface area contributed by atoms with E-state index < -0.39 is 6.10 Å². The third kappa shape index (κ3) is 3.52. The van der Waals surface area contributed by atoms with E-state index in [0.29, 0.717) is 49.9 Å². The topological polar surface area (TPSA) is 60.4 Å². The number of benzene rings is 1. The highest BCUT2D eigenvalue weighted by molar-refractivity contribution is 6.04. The van der Waals surface area contributed by atoms with Gasteiger partial charge < -0.3 is 19.2 Å². The molecule has 1 atom stereocenters. The molecule has 1 aromatic carbocycles. The van der Waals surface area contributed by atoms with Crippen molar-refractivity contribution in [3.05, 3.63) is 35.6 Å². The zero-order valence-electron chi connectivity index (χ0n) is 13.9. The summed E-state index contributed by atoms with van der Waals surface area (Å²) in [6.45, 7) is 2.64. The van der Waals surface area contributed by atoms with Crippen LogP contribution in [0.2, 0.25) is 0 Å². The first-order valence-corrected chi connectivity index (χ1v) is 8.71. The predicted molar refractivity (Wildman–Crippen MR) is 87.4 cm³/mol. The van der Waals surface area contributed by atoms with Crippen molar-refractivity contribution in [1.82, 2.24) is 4.90 Å². The number of likely N-dealkylation sites (tertiary alicyclic amines) is 1. The smallest absolute Gasteiger partial charge is 0.266 e. The van der Waals surface area contributed by atoms with Gasteiger partial charge in [0.05, 0.1) is 18.9 Å². The highest BCUT2D eigenvalue weighted by Gasteiger charge is 2.36. The van der Waals surface area contributed by atoms with Crippen LogP contribution in [-0.4, -0.2) is 55.2 Å². The summed E-state index contributed by atoms with van der Waals surface area (Å²) in [5.41, 5.74) is 1.27. The zero-order valence-corrected chi connectivity index (χ0v) is 13.9. The van der Waals surface area contributed by atoms with E-state index in [2.05, 4.69) is 5.16 Å². The van der Waals surface area contributed by atoms with Gasteiger partial charge in [-0.05, 0) is 25.0 Å². The minimum absolute atomic E-state index is 0.0538. The van der Waals surface area contributed by atoms with Crippen molar-refractivity contribution in [2.45, 2.75) is 31.7 Å². The molecule has 1 aromatic rings. The molecule has 2 fully saturated rings. The number of hydrogen-bond acceptors (Lipinski definition) is 5. The van der Waals surface area contributed by atoms with Gasteiger partial charge in [-0.3, -0.25) is 4.79 Å². The highest BCUT2D eigenvalue weighted by Crippen LogP contribution is 2.27. The van der Waals surface area contributed by atoms with E-state index in [0.717, 1.165) is 12.8 Å². The lowest BCUT2D eigenvalue weighted by Crippen LogP contribution is -2.45. The molecule has 0 spiro atoms. The van der Waals surface area contributed by atoms with Crippen molar-refractivity contribution >= 4 is 11.6 Å². The van der Waals surface area contributed by atoms with Crippen LogP contribution in [0.1, 0.15) is 24.8 Å². The molecule has 3 aliphatic heterocycles. The van der Waals surface area contributed by atoms with E-state index >= 15 is 0 Å². The number of nitrogens with zero attached hydrogens (tertiary/aromatic N) is 2. The summed E-state index contributed by atoms with van der Waals surface area (Å²) < 4.78 is 24.5. The molecular weight excluding hydrogens is 327 g/mol. The quantitative estimate of drug-likeness (QED) is 0.837. The van der Waals surface area contributed by atoms with Gasteiger partial charge in [0.25, 0.3) is 5.91 Å². The predicted octanol–water partition coefficient (Wildman–Crippen LogP) is 1.93. The first-order valence-electron chi connectivity index (χ1n) is 8.71. The van der Waals surface area contributed by atoms with Crippen LogP contribution < -0.4 is 0 Å². The van der Waals surface area contributed by atoms with Crippen LogP contribution >= 0.6 is 0 Å². The van der Waals surface area contributed by atoms with Gasteiger partial charge in [-0.2, -0.15) is 0 Å². The number of hydrogen-bond donors (Lipinski definition) is 0. The van der Waals surface area contributed by atoms with E-state index in [-0.39, 0.29) is 18.0 Å². The Labute approximate surface area is 145 Å². The van der Waals surface area contributed by atoms with Crippen LogP contribution in [0, 0.1) is 11.7 Å². The summed E-state index contributed by atoms with van der Waals surface area (Å²) in [4.78, 5) is 19.8. The summed E-state index contributed by atoms with van der Waals surface area (Å²) in [5.74, 6) is -0.0367. The molecule has 0 aliphatic carbocycles. The molecule has 0 N–H and O–H groups in total. The van der Waals surface area contributed by atoms with Crippen molar-refractivity contribution in [3.63, 3.8) is 0 Å². The van der Waals surface area contributed by atoms with Gasteiger partial charge >= 0.3 is 0 Å². The maximum Gasteiger partial charge on any atom is 0.266 e. The number of halogens is 1. The van der Waals surface area contributed by atoms with Gasteiger partial charge in [0.15, 0.2) is 6.29 Å². The third-order valence-electron chi connectivity index (χ3n) is 4.99. The van der Waals surface area contributed by atoms with E-state index in [4.69, 9.17) is 14.3 Å². The summed E-state index contributed by atoms with van der Waals surface area (Å²) in [7, 11) is 0. The third-order valence-corrected chi connectivity index (χ3v) is 4.99. The molecule has 3 heterocycles. The fourth-order valence-corrected chi connectivity index (χ4v) is 3.59. The summed E-state index contributed by atoms with van der Waals surface area (Å²) in [5, 5.41) is 3.98. The second kappa shape index (κ2) is 7.09. The summed E-state index contributed by atoms with van der Waals surface area (Å²) in [6.07, 6.45) is 1.36. The van der Waals surface area contributed by atoms with Gasteiger partial charge in [0.2, 0.25) is 6.10 Å². The lowest BCUT2D eigenvalue weighted by atomic mass is 9.95. The first-order chi connectivity index (χ1) is 12.2. The second-order valence-electron chi connectivity index (χ2n) is 6.62. The van der Waals surface area contributed by atoms with E-state index in [1.54, 1.807) is 12.1 Å².